The lowest BCUT2D eigenvalue weighted by molar-refractivity contribution is 0.00813. The first-order chi connectivity index (χ1) is 7.20. The molecule has 80 valence electrons. The number of ether oxygens (including phenoxy) is 1. The number of ketones is 1. The van der Waals surface area contributed by atoms with Crippen molar-refractivity contribution in [1.82, 2.24) is 0 Å². The van der Waals surface area contributed by atoms with Gasteiger partial charge >= 0.3 is 0 Å². The van der Waals surface area contributed by atoms with Crippen LogP contribution in [0.1, 0.15) is 28.8 Å². The first kappa shape index (κ1) is 10.3. The van der Waals surface area contributed by atoms with Gasteiger partial charge in [-0.2, -0.15) is 0 Å². The van der Waals surface area contributed by atoms with E-state index >= 15 is 0 Å². The third-order valence-electron chi connectivity index (χ3n) is 2.72. The number of Topliss-reactive ketones (excluding diaryl/α,β-unsaturated/α-hetero) is 1. The Morgan fingerprint density at radius 3 is 2.67 bits per heavy atom. The molecule has 1 aliphatic heterocycles. The summed E-state index contributed by atoms with van der Waals surface area (Å²) in [6.07, 6.45) is 0. The minimum absolute atomic E-state index is 0.0116. The van der Waals surface area contributed by atoms with Crippen molar-refractivity contribution in [3.8, 4) is 0 Å². The molecule has 1 heterocycles. The number of hydrogen-bond acceptors (Lipinski definition) is 3. The van der Waals surface area contributed by atoms with Crippen molar-refractivity contribution >= 4 is 5.78 Å². The van der Waals surface area contributed by atoms with Crippen LogP contribution in [-0.4, -0.2) is 25.0 Å². The molecule has 1 fully saturated rings. The van der Waals surface area contributed by atoms with Gasteiger partial charge in [0.25, 0.3) is 0 Å². The van der Waals surface area contributed by atoms with E-state index < -0.39 is 6.04 Å². The van der Waals surface area contributed by atoms with Gasteiger partial charge in [-0.25, -0.2) is 0 Å². The molecule has 15 heavy (non-hydrogen) atoms. The van der Waals surface area contributed by atoms with Gasteiger partial charge in [0.2, 0.25) is 0 Å². The van der Waals surface area contributed by atoms with Gasteiger partial charge < -0.3 is 10.5 Å². The van der Waals surface area contributed by atoms with Crippen molar-refractivity contribution in [2.45, 2.75) is 18.9 Å². The molecule has 3 heteroatoms. The molecular formula is C12H15NO2. The Morgan fingerprint density at radius 1 is 1.47 bits per heavy atom. The van der Waals surface area contributed by atoms with E-state index in [9.17, 15) is 4.79 Å². The van der Waals surface area contributed by atoms with Crippen molar-refractivity contribution < 1.29 is 9.53 Å². The second kappa shape index (κ2) is 4.13. The number of hydrogen-bond donors (Lipinski definition) is 1. The number of carbonyl (C=O) groups excluding carboxylic acids is 1. The molecule has 0 aromatic heterocycles. The lowest BCUT2D eigenvalue weighted by Crippen LogP contribution is -2.31. The van der Waals surface area contributed by atoms with Crippen LogP contribution >= 0.6 is 0 Å². The number of rotatable bonds is 3. The van der Waals surface area contributed by atoms with E-state index in [1.54, 1.807) is 6.92 Å². The van der Waals surface area contributed by atoms with Gasteiger partial charge in [-0.3, -0.25) is 4.79 Å². The van der Waals surface area contributed by atoms with E-state index in [0.717, 1.165) is 11.1 Å². The molecule has 0 saturated carbocycles. The minimum Gasteiger partial charge on any atom is -0.380 e. The summed E-state index contributed by atoms with van der Waals surface area (Å²) in [4.78, 5) is 11.8. The molecular weight excluding hydrogens is 190 g/mol. The van der Waals surface area contributed by atoms with Crippen LogP contribution in [0.4, 0.5) is 0 Å². The Kier molecular flexibility index (Phi) is 2.84. The van der Waals surface area contributed by atoms with E-state index in [0.29, 0.717) is 19.1 Å². The van der Waals surface area contributed by atoms with Crippen molar-refractivity contribution in [2.24, 2.45) is 5.73 Å². The lowest BCUT2D eigenvalue weighted by Gasteiger charge is -2.28. The summed E-state index contributed by atoms with van der Waals surface area (Å²) in [5.74, 6) is 0.376. The highest BCUT2D eigenvalue weighted by molar-refractivity contribution is 6.01. The summed E-state index contributed by atoms with van der Waals surface area (Å²) in [5.41, 5.74) is 7.44. The van der Waals surface area contributed by atoms with Crippen LogP contribution < -0.4 is 5.73 Å². The van der Waals surface area contributed by atoms with Crippen molar-refractivity contribution in [3.63, 3.8) is 0 Å². The van der Waals surface area contributed by atoms with Crippen molar-refractivity contribution in [3.05, 3.63) is 35.4 Å². The zero-order chi connectivity index (χ0) is 10.8. The SMILES string of the molecule is CC(N)C(=O)c1ccccc1C1COC1. The average molecular weight is 205 g/mol. The topological polar surface area (TPSA) is 52.3 Å². The van der Waals surface area contributed by atoms with E-state index in [2.05, 4.69) is 0 Å². The van der Waals surface area contributed by atoms with E-state index in [-0.39, 0.29) is 5.78 Å². The summed E-state index contributed by atoms with van der Waals surface area (Å²) in [7, 11) is 0. The van der Waals surface area contributed by atoms with Crippen LogP contribution in [0.5, 0.6) is 0 Å². The normalized spacial score (nSPS) is 18.3. The second-order valence-electron chi connectivity index (χ2n) is 3.97. The van der Waals surface area contributed by atoms with Gasteiger partial charge in [-0.05, 0) is 12.5 Å². The number of carbonyl (C=O) groups is 1. The summed E-state index contributed by atoms with van der Waals surface area (Å²) in [5, 5.41) is 0. The third-order valence-corrected chi connectivity index (χ3v) is 2.72. The fraction of sp³-hybridized carbons (Fsp3) is 0.417. The lowest BCUT2D eigenvalue weighted by atomic mass is 9.89. The van der Waals surface area contributed by atoms with Gasteiger partial charge in [0.15, 0.2) is 5.78 Å². The molecule has 0 radical (unpaired) electrons. The van der Waals surface area contributed by atoms with Crippen LogP contribution in [0.2, 0.25) is 0 Å². The summed E-state index contributed by atoms with van der Waals surface area (Å²) >= 11 is 0. The predicted molar refractivity (Wildman–Crippen MR) is 58.0 cm³/mol. The quantitative estimate of drug-likeness (QED) is 0.757. The first-order valence-corrected chi connectivity index (χ1v) is 5.16. The minimum atomic E-state index is -0.438. The van der Waals surface area contributed by atoms with Gasteiger partial charge in [-0.15, -0.1) is 0 Å². The standard InChI is InChI=1S/C12H15NO2/c1-8(13)12(14)11-5-3-2-4-10(11)9-6-15-7-9/h2-5,8-9H,6-7,13H2,1H3. The second-order valence-corrected chi connectivity index (χ2v) is 3.97. The maximum absolute atomic E-state index is 11.8. The molecule has 0 aliphatic carbocycles. The van der Waals surface area contributed by atoms with Crippen LogP contribution in [0.25, 0.3) is 0 Å². The van der Waals surface area contributed by atoms with Crippen LogP contribution in [-0.2, 0) is 4.74 Å². The Hall–Kier alpha value is -1.19. The fourth-order valence-corrected chi connectivity index (χ4v) is 1.74. The smallest absolute Gasteiger partial charge is 0.179 e. The van der Waals surface area contributed by atoms with Crippen LogP contribution in [0, 0.1) is 0 Å². The third kappa shape index (κ3) is 1.94. The zero-order valence-corrected chi connectivity index (χ0v) is 8.77. The van der Waals surface area contributed by atoms with E-state index in [1.807, 2.05) is 24.3 Å². The monoisotopic (exact) mass is 205 g/mol. The van der Waals surface area contributed by atoms with Crippen LogP contribution in [0.3, 0.4) is 0 Å². The van der Waals surface area contributed by atoms with Crippen molar-refractivity contribution in [2.75, 3.05) is 13.2 Å². The summed E-state index contributed by atoms with van der Waals surface area (Å²) in [6.45, 7) is 3.14. The molecule has 1 saturated heterocycles. The maximum Gasteiger partial charge on any atom is 0.179 e. The Morgan fingerprint density at radius 2 is 2.13 bits per heavy atom. The van der Waals surface area contributed by atoms with Crippen molar-refractivity contribution in [1.29, 1.82) is 0 Å². The summed E-state index contributed by atoms with van der Waals surface area (Å²) in [6, 6.07) is 7.22. The molecule has 1 atom stereocenters. The largest absolute Gasteiger partial charge is 0.380 e. The molecule has 2 rings (SSSR count). The van der Waals surface area contributed by atoms with Gasteiger partial charge in [0.1, 0.15) is 0 Å². The fourth-order valence-electron chi connectivity index (χ4n) is 1.74. The van der Waals surface area contributed by atoms with Gasteiger partial charge in [0, 0.05) is 11.5 Å². The van der Waals surface area contributed by atoms with E-state index in [4.69, 9.17) is 10.5 Å². The van der Waals surface area contributed by atoms with Gasteiger partial charge in [0.05, 0.1) is 19.3 Å². The highest BCUT2D eigenvalue weighted by atomic mass is 16.5. The maximum atomic E-state index is 11.8. The first-order valence-electron chi connectivity index (χ1n) is 5.16. The number of benzene rings is 1. The summed E-state index contributed by atoms with van der Waals surface area (Å²) < 4.78 is 5.14. The molecule has 1 aliphatic rings. The Bertz CT molecular complexity index is 370. The van der Waals surface area contributed by atoms with Gasteiger partial charge in [-0.1, -0.05) is 24.3 Å². The molecule has 0 bridgehead atoms. The highest BCUT2D eigenvalue weighted by Gasteiger charge is 2.25. The zero-order valence-electron chi connectivity index (χ0n) is 8.77. The average Bonchev–Trinajstić information content (AvgIpc) is 2.15. The molecule has 0 amide bonds. The molecule has 0 spiro atoms. The predicted octanol–water partition coefficient (Wildman–Crippen LogP) is 1.33. The Labute approximate surface area is 89.2 Å². The number of nitrogens with two attached hydrogens (primary N) is 1. The molecule has 1 aromatic rings. The molecule has 3 nitrogen and oxygen atoms in total. The van der Waals surface area contributed by atoms with Crippen LogP contribution in [0.15, 0.2) is 24.3 Å². The Balaban J connectivity index is 2.33. The molecule has 2 N–H and O–H groups in total. The molecule has 1 aromatic carbocycles. The highest BCUT2D eigenvalue weighted by Crippen LogP contribution is 2.27. The molecule has 1 unspecified atom stereocenters. The van der Waals surface area contributed by atoms with E-state index in [1.165, 1.54) is 0 Å².